The predicted molar refractivity (Wildman–Crippen MR) is 189 cm³/mol. The van der Waals surface area contributed by atoms with Crippen LogP contribution in [0.5, 0.6) is 0 Å². The van der Waals surface area contributed by atoms with Gasteiger partial charge in [0.15, 0.2) is 0 Å². The van der Waals surface area contributed by atoms with Gasteiger partial charge in [-0.1, -0.05) is 46.8 Å². The van der Waals surface area contributed by atoms with Gasteiger partial charge in [0.1, 0.15) is 6.10 Å². The topological polar surface area (TPSA) is 78.9 Å². The lowest BCUT2D eigenvalue weighted by molar-refractivity contribution is -0.250. The fraction of sp³-hybridized carbons (Fsp3) is 0.902. The van der Waals surface area contributed by atoms with Crippen molar-refractivity contribution in [3.8, 4) is 0 Å². The highest BCUT2D eigenvalue weighted by Gasteiger charge is 2.71. The lowest BCUT2D eigenvalue weighted by atomic mass is 9.32. The molecule has 6 nitrogen and oxygen atoms in total. The Morgan fingerprint density at radius 1 is 0.894 bits per heavy atom. The molecule has 266 valence electrons. The molecule has 6 aliphatic rings. The Bertz CT molecular complexity index is 1240. The quantitative estimate of drug-likeness (QED) is 0.203. The number of aliphatic carboxylic acids is 1. The summed E-state index contributed by atoms with van der Waals surface area (Å²) in [4.78, 5) is 27.5. The number of allylic oxidation sites excluding steroid dienone is 1. The Hall–Kier alpha value is -1.40. The summed E-state index contributed by atoms with van der Waals surface area (Å²) in [7, 11) is 0. The third kappa shape index (κ3) is 5.56. The Labute approximate surface area is 286 Å². The number of esters is 1. The van der Waals surface area contributed by atoms with Gasteiger partial charge in [0.2, 0.25) is 0 Å². The molecule has 5 saturated carbocycles. The lowest BCUT2D eigenvalue weighted by Gasteiger charge is -2.73. The second-order valence-electron chi connectivity index (χ2n) is 19.6. The first kappa shape index (κ1) is 35.4. The zero-order chi connectivity index (χ0) is 34.2. The van der Waals surface area contributed by atoms with Gasteiger partial charge in [-0.25, -0.2) is 0 Å². The standard InChI is InChI=1S/C41H68N2O4/c1-27(2)28-12-17-41(20-23-43-24-21-42-22-25-43)19-18-39(8)29(34(28)41)10-11-31-38(7)15-14-32(47-33(44)26-36(3,4)35(45)46)37(5,6)30(38)13-16-40(31,39)9/h28-32,34,42H,1,10-26H2,2-9H3,(H,45,46)/t28-,29+,30-,31+,32-,34+,38-,39+,40+,41+/m0/s1. The van der Waals surface area contributed by atoms with E-state index in [0.29, 0.717) is 34.0 Å². The van der Waals surface area contributed by atoms with Gasteiger partial charge in [-0.05, 0) is 149 Å². The number of nitrogens with one attached hydrogen (secondary N) is 1. The zero-order valence-corrected chi connectivity index (χ0v) is 31.3. The van der Waals surface area contributed by atoms with Crippen LogP contribution >= 0.6 is 0 Å². The molecule has 1 aliphatic heterocycles. The molecular weight excluding hydrogens is 584 g/mol. The van der Waals surface area contributed by atoms with Crippen LogP contribution in [0.2, 0.25) is 0 Å². The molecule has 0 aromatic rings. The largest absolute Gasteiger partial charge is 0.481 e. The third-order valence-electron chi connectivity index (χ3n) is 16.8. The maximum Gasteiger partial charge on any atom is 0.309 e. The summed E-state index contributed by atoms with van der Waals surface area (Å²) in [5.74, 6) is 2.06. The Morgan fingerprint density at radius 2 is 1.60 bits per heavy atom. The van der Waals surface area contributed by atoms with Crippen molar-refractivity contribution >= 4 is 11.9 Å². The highest BCUT2D eigenvalue weighted by Crippen LogP contribution is 2.78. The number of hydrogen-bond donors (Lipinski definition) is 2. The van der Waals surface area contributed by atoms with E-state index in [1.54, 1.807) is 13.8 Å². The minimum atomic E-state index is -1.11. The number of piperazine rings is 1. The molecule has 6 rings (SSSR count). The number of carboxylic acids is 1. The fourth-order valence-electron chi connectivity index (χ4n) is 13.9. The average molecular weight is 653 g/mol. The van der Waals surface area contributed by atoms with E-state index in [4.69, 9.17) is 4.74 Å². The van der Waals surface area contributed by atoms with Gasteiger partial charge in [0.25, 0.3) is 0 Å². The first-order valence-corrected chi connectivity index (χ1v) is 19.4. The summed E-state index contributed by atoms with van der Waals surface area (Å²) in [5, 5.41) is 13.1. The summed E-state index contributed by atoms with van der Waals surface area (Å²) < 4.78 is 6.20. The predicted octanol–water partition coefficient (Wildman–Crippen LogP) is 8.35. The molecule has 10 atom stereocenters. The number of ether oxygens (including phenoxy) is 1. The monoisotopic (exact) mass is 653 g/mol. The highest BCUT2D eigenvalue weighted by atomic mass is 16.5. The van der Waals surface area contributed by atoms with Gasteiger partial charge in [0.05, 0.1) is 11.8 Å². The minimum absolute atomic E-state index is 0.0830. The second kappa shape index (κ2) is 12.1. The molecule has 0 radical (unpaired) electrons. The van der Waals surface area contributed by atoms with Crippen LogP contribution in [0.15, 0.2) is 12.2 Å². The summed E-state index contributed by atoms with van der Waals surface area (Å²) >= 11 is 0. The molecule has 0 aromatic carbocycles. The van der Waals surface area contributed by atoms with Gasteiger partial charge < -0.3 is 20.1 Å². The van der Waals surface area contributed by atoms with Crippen molar-refractivity contribution in [3.05, 3.63) is 12.2 Å². The van der Waals surface area contributed by atoms with Crippen LogP contribution in [0.3, 0.4) is 0 Å². The summed E-state index contributed by atoms with van der Waals surface area (Å²) in [6.45, 7) is 28.9. The summed E-state index contributed by atoms with van der Waals surface area (Å²) in [5.41, 5.74) is 1.51. The molecule has 0 bridgehead atoms. The van der Waals surface area contributed by atoms with Crippen LogP contribution in [0.1, 0.15) is 132 Å². The molecule has 47 heavy (non-hydrogen) atoms. The van der Waals surface area contributed by atoms with E-state index < -0.39 is 11.4 Å². The van der Waals surface area contributed by atoms with Crippen LogP contribution in [0.4, 0.5) is 0 Å². The molecule has 0 amide bonds. The van der Waals surface area contributed by atoms with E-state index in [2.05, 4.69) is 58.3 Å². The Morgan fingerprint density at radius 3 is 2.26 bits per heavy atom. The first-order valence-electron chi connectivity index (χ1n) is 19.4. The van der Waals surface area contributed by atoms with Crippen molar-refractivity contribution in [2.45, 2.75) is 139 Å². The summed E-state index contributed by atoms with van der Waals surface area (Å²) in [6.07, 6.45) is 13.7. The number of carbonyl (C=O) groups is 2. The molecule has 0 aromatic heterocycles. The number of fused-ring (bicyclic) bond motifs is 7. The Kier molecular flexibility index (Phi) is 9.14. The van der Waals surface area contributed by atoms with Crippen molar-refractivity contribution in [1.82, 2.24) is 10.2 Å². The van der Waals surface area contributed by atoms with Crippen molar-refractivity contribution < 1.29 is 19.4 Å². The normalized spacial score (nSPS) is 44.8. The van der Waals surface area contributed by atoms with Crippen molar-refractivity contribution in [2.75, 3.05) is 32.7 Å². The van der Waals surface area contributed by atoms with E-state index >= 15 is 0 Å². The van der Waals surface area contributed by atoms with Crippen LogP contribution in [-0.2, 0) is 14.3 Å². The number of rotatable bonds is 8. The van der Waals surface area contributed by atoms with Crippen molar-refractivity contribution in [1.29, 1.82) is 0 Å². The molecule has 6 fully saturated rings. The van der Waals surface area contributed by atoms with Crippen molar-refractivity contribution in [3.63, 3.8) is 0 Å². The minimum Gasteiger partial charge on any atom is -0.481 e. The first-order chi connectivity index (χ1) is 21.9. The SMILES string of the molecule is C=C(C)[C@@H]1CC[C@]2(CCN3CCNCC3)CC[C@]3(C)[C@H](CC[C@@H]4[C@@]5(C)CC[C@H](OC(=O)CC(C)(C)C(=O)O)C(C)(C)[C@@H]5CC[C@]43C)[C@@H]12. The smallest absolute Gasteiger partial charge is 0.309 e. The third-order valence-corrected chi connectivity index (χ3v) is 16.8. The molecular formula is C41H68N2O4. The number of hydrogen-bond acceptors (Lipinski definition) is 5. The molecule has 6 heteroatoms. The van der Waals surface area contributed by atoms with Gasteiger partial charge in [-0.3, -0.25) is 9.59 Å². The lowest BCUT2D eigenvalue weighted by Crippen LogP contribution is -2.66. The second-order valence-corrected chi connectivity index (χ2v) is 19.6. The van der Waals surface area contributed by atoms with Gasteiger partial charge in [-0.15, -0.1) is 0 Å². The van der Waals surface area contributed by atoms with Gasteiger partial charge in [0, 0.05) is 31.6 Å². The van der Waals surface area contributed by atoms with Crippen molar-refractivity contribution in [2.24, 2.45) is 62.1 Å². The fourth-order valence-corrected chi connectivity index (χ4v) is 13.9. The molecule has 1 saturated heterocycles. The van der Waals surface area contributed by atoms with Crippen LogP contribution in [0.25, 0.3) is 0 Å². The van der Waals surface area contributed by atoms with E-state index in [0.717, 1.165) is 37.8 Å². The molecule has 2 N–H and O–H groups in total. The maximum atomic E-state index is 13.1. The molecule has 0 unspecified atom stereocenters. The van der Waals surface area contributed by atoms with Crippen LogP contribution < -0.4 is 5.32 Å². The van der Waals surface area contributed by atoms with Crippen LogP contribution in [0, 0.1) is 62.1 Å². The van der Waals surface area contributed by atoms with E-state index in [9.17, 15) is 14.7 Å². The van der Waals surface area contributed by atoms with E-state index in [-0.39, 0.29) is 29.3 Å². The Balaban J connectivity index is 1.23. The highest BCUT2D eigenvalue weighted by molar-refractivity contribution is 5.81. The number of carbonyl (C=O) groups excluding carboxylic acids is 1. The molecule has 1 heterocycles. The number of nitrogens with zero attached hydrogens (tertiary/aromatic N) is 1. The maximum absolute atomic E-state index is 13.1. The average Bonchev–Trinajstić information content (AvgIpc) is 3.38. The zero-order valence-electron chi connectivity index (χ0n) is 31.3. The van der Waals surface area contributed by atoms with E-state index in [1.807, 2.05) is 0 Å². The summed E-state index contributed by atoms with van der Waals surface area (Å²) in [6, 6.07) is 0. The van der Waals surface area contributed by atoms with E-state index in [1.165, 1.54) is 83.0 Å². The molecule has 0 spiro atoms. The van der Waals surface area contributed by atoms with Gasteiger partial charge in [-0.2, -0.15) is 0 Å². The van der Waals surface area contributed by atoms with Crippen LogP contribution in [-0.4, -0.2) is 60.8 Å². The van der Waals surface area contributed by atoms with Gasteiger partial charge >= 0.3 is 11.9 Å². The molecule has 5 aliphatic carbocycles. The number of carboxylic acid groups (broad SMARTS) is 1.